The largest absolute Gasteiger partial charge is 0.480 e. The van der Waals surface area contributed by atoms with Crippen LogP contribution in [0.5, 0.6) is 0 Å². The molecule has 0 aromatic carbocycles. The van der Waals surface area contributed by atoms with Gasteiger partial charge in [-0.3, -0.25) is 4.79 Å². The van der Waals surface area contributed by atoms with Crippen LogP contribution >= 0.6 is 0 Å². The number of aromatic nitrogens is 2. The van der Waals surface area contributed by atoms with Gasteiger partial charge in [-0.15, -0.1) is 0 Å². The summed E-state index contributed by atoms with van der Waals surface area (Å²) in [7, 11) is -2.46. The number of aromatic amines is 1. The summed E-state index contributed by atoms with van der Waals surface area (Å²) >= 11 is 0. The fourth-order valence-corrected chi connectivity index (χ4v) is 1.81. The summed E-state index contributed by atoms with van der Waals surface area (Å²) in [5.74, 6) is -1.82. The number of nitrogens with zero attached hydrogens (tertiary/aromatic N) is 2. The number of carboxylic acid groups (broad SMARTS) is 1. The Kier molecular flexibility index (Phi) is 3.43. The van der Waals surface area contributed by atoms with E-state index in [1.807, 2.05) is 0 Å². The maximum atomic E-state index is 11.4. The second-order valence-electron chi connectivity index (χ2n) is 2.94. The maximum absolute atomic E-state index is 11.4. The highest BCUT2D eigenvalue weighted by Crippen LogP contribution is 2.03. The number of hydrogen-bond acceptors (Lipinski definition) is 4. The summed E-state index contributed by atoms with van der Waals surface area (Å²) in [6.45, 7) is 0.0304. The van der Waals surface area contributed by atoms with Crippen LogP contribution in [-0.2, 0) is 21.4 Å². The minimum Gasteiger partial charge on any atom is -0.480 e. The summed E-state index contributed by atoms with van der Waals surface area (Å²) in [6.07, 6.45) is 3.06. The van der Waals surface area contributed by atoms with Gasteiger partial charge >= 0.3 is 5.97 Å². The van der Waals surface area contributed by atoms with E-state index in [4.69, 9.17) is 5.11 Å². The number of hydrogen-bond donors (Lipinski definition) is 2. The van der Waals surface area contributed by atoms with Gasteiger partial charge in [0.2, 0.25) is 10.0 Å². The lowest BCUT2D eigenvalue weighted by Gasteiger charge is -2.13. The lowest BCUT2D eigenvalue weighted by Crippen LogP contribution is -2.32. The summed E-state index contributed by atoms with van der Waals surface area (Å²) in [6, 6.07) is 0. The Balaban J connectivity index is 2.68. The Morgan fingerprint density at radius 3 is 2.80 bits per heavy atom. The molecule has 2 N–H and O–H groups in total. The SMILES string of the molecule is CN(Cc1ncc[nH]1)S(=O)(=O)CC(=O)O. The fourth-order valence-electron chi connectivity index (χ4n) is 0.960. The molecular weight excluding hydrogens is 222 g/mol. The molecule has 0 saturated heterocycles. The van der Waals surface area contributed by atoms with Crippen LogP contribution in [0.25, 0.3) is 0 Å². The van der Waals surface area contributed by atoms with Crippen LogP contribution in [0.1, 0.15) is 5.82 Å². The Labute approximate surface area is 86.8 Å². The first-order valence-electron chi connectivity index (χ1n) is 4.06. The van der Waals surface area contributed by atoms with E-state index in [9.17, 15) is 13.2 Å². The van der Waals surface area contributed by atoms with E-state index < -0.39 is 21.7 Å². The van der Waals surface area contributed by atoms with Crippen LogP contribution in [0.4, 0.5) is 0 Å². The van der Waals surface area contributed by atoms with Crippen molar-refractivity contribution in [2.24, 2.45) is 0 Å². The van der Waals surface area contributed by atoms with Gasteiger partial charge in [0.25, 0.3) is 0 Å². The fraction of sp³-hybridized carbons (Fsp3) is 0.429. The molecule has 0 saturated carbocycles. The molecule has 0 aliphatic heterocycles. The van der Waals surface area contributed by atoms with Crippen molar-refractivity contribution in [3.05, 3.63) is 18.2 Å². The standard InChI is InChI=1S/C7H11N3O4S/c1-10(4-6-8-2-3-9-6)15(13,14)5-7(11)12/h2-3H,4-5H2,1H3,(H,8,9)(H,11,12). The maximum Gasteiger partial charge on any atom is 0.320 e. The molecule has 1 aromatic heterocycles. The smallest absolute Gasteiger partial charge is 0.320 e. The molecule has 15 heavy (non-hydrogen) atoms. The van der Waals surface area contributed by atoms with Crippen LogP contribution in [0.15, 0.2) is 12.4 Å². The predicted molar refractivity (Wildman–Crippen MR) is 51.5 cm³/mol. The lowest BCUT2D eigenvalue weighted by atomic mass is 10.6. The van der Waals surface area contributed by atoms with Crippen molar-refractivity contribution in [3.63, 3.8) is 0 Å². The van der Waals surface area contributed by atoms with E-state index in [0.29, 0.717) is 5.82 Å². The molecule has 0 atom stereocenters. The number of rotatable bonds is 5. The van der Waals surface area contributed by atoms with Gasteiger partial charge < -0.3 is 10.1 Å². The van der Waals surface area contributed by atoms with E-state index in [1.54, 1.807) is 6.20 Å². The summed E-state index contributed by atoms with van der Waals surface area (Å²) in [5.41, 5.74) is 0. The second kappa shape index (κ2) is 4.41. The van der Waals surface area contributed by atoms with Crippen LogP contribution in [0, 0.1) is 0 Å². The molecule has 0 radical (unpaired) electrons. The van der Waals surface area contributed by atoms with E-state index in [0.717, 1.165) is 4.31 Å². The van der Waals surface area contributed by atoms with Crippen LogP contribution in [0.2, 0.25) is 0 Å². The molecule has 0 spiro atoms. The minimum atomic E-state index is -3.76. The number of aliphatic carboxylic acids is 1. The molecule has 0 aliphatic carbocycles. The molecule has 1 rings (SSSR count). The van der Waals surface area contributed by atoms with Gasteiger partial charge in [-0.1, -0.05) is 0 Å². The molecule has 8 heteroatoms. The third-order valence-corrected chi connectivity index (χ3v) is 3.40. The topological polar surface area (TPSA) is 103 Å². The zero-order valence-corrected chi connectivity index (χ0v) is 8.86. The van der Waals surface area contributed by atoms with E-state index in [1.165, 1.54) is 13.2 Å². The van der Waals surface area contributed by atoms with Crippen LogP contribution < -0.4 is 0 Å². The van der Waals surface area contributed by atoms with E-state index in [2.05, 4.69) is 9.97 Å². The van der Waals surface area contributed by atoms with Gasteiger partial charge in [-0.05, 0) is 0 Å². The number of imidazole rings is 1. The number of nitrogens with one attached hydrogen (secondary N) is 1. The van der Waals surface area contributed by atoms with E-state index >= 15 is 0 Å². The molecule has 0 aliphatic rings. The zero-order chi connectivity index (χ0) is 11.5. The minimum absolute atomic E-state index is 0.0304. The summed E-state index contributed by atoms with van der Waals surface area (Å²) in [5, 5.41) is 8.39. The molecule has 0 amide bonds. The van der Waals surface area contributed by atoms with Crippen LogP contribution in [0.3, 0.4) is 0 Å². The molecule has 84 valence electrons. The molecule has 1 heterocycles. The van der Waals surface area contributed by atoms with Gasteiger partial charge in [-0.2, -0.15) is 4.31 Å². The van der Waals surface area contributed by atoms with Crippen LogP contribution in [-0.4, -0.2) is 46.6 Å². The van der Waals surface area contributed by atoms with Crippen molar-refractivity contribution in [2.75, 3.05) is 12.8 Å². The average Bonchev–Trinajstić information content (AvgIpc) is 2.54. The van der Waals surface area contributed by atoms with Gasteiger partial charge in [0.05, 0.1) is 6.54 Å². The van der Waals surface area contributed by atoms with Gasteiger partial charge in [0, 0.05) is 19.4 Å². The second-order valence-corrected chi connectivity index (χ2v) is 5.02. The van der Waals surface area contributed by atoms with E-state index in [-0.39, 0.29) is 6.54 Å². The first kappa shape index (κ1) is 11.7. The summed E-state index contributed by atoms with van der Waals surface area (Å²) < 4.78 is 23.7. The number of carboxylic acids is 1. The Bertz CT molecular complexity index is 425. The quantitative estimate of drug-likeness (QED) is 0.696. The highest BCUT2D eigenvalue weighted by atomic mass is 32.2. The number of sulfonamides is 1. The van der Waals surface area contributed by atoms with Gasteiger partial charge in [0.15, 0.2) is 5.75 Å². The molecular formula is C7H11N3O4S. The summed E-state index contributed by atoms with van der Waals surface area (Å²) in [4.78, 5) is 16.9. The van der Waals surface area contributed by atoms with Gasteiger partial charge in [0.1, 0.15) is 5.82 Å². The predicted octanol–water partition coefficient (Wildman–Crippen LogP) is -0.744. The Hall–Kier alpha value is -1.41. The van der Waals surface area contributed by atoms with Crippen molar-refractivity contribution >= 4 is 16.0 Å². The van der Waals surface area contributed by atoms with Crippen molar-refractivity contribution in [2.45, 2.75) is 6.54 Å². The molecule has 1 aromatic rings. The van der Waals surface area contributed by atoms with Crippen molar-refractivity contribution in [3.8, 4) is 0 Å². The third-order valence-electron chi connectivity index (χ3n) is 1.71. The molecule has 0 bridgehead atoms. The van der Waals surface area contributed by atoms with Gasteiger partial charge in [-0.25, -0.2) is 13.4 Å². The molecule has 7 nitrogen and oxygen atoms in total. The average molecular weight is 233 g/mol. The Morgan fingerprint density at radius 2 is 2.33 bits per heavy atom. The molecule has 0 fully saturated rings. The first-order chi connectivity index (χ1) is 6.92. The third kappa shape index (κ3) is 3.33. The normalized spacial score (nSPS) is 11.9. The number of carbonyl (C=O) groups is 1. The zero-order valence-electron chi connectivity index (χ0n) is 8.04. The van der Waals surface area contributed by atoms with Crippen molar-refractivity contribution < 1.29 is 18.3 Å². The number of H-pyrrole nitrogens is 1. The Morgan fingerprint density at radius 1 is 1.67 bits per heavy atom. The highest BCUT2D eigenvalue weighted by molar-refractivity contribution is 7.89. The highest BCUT2D eigenvalue weighted by Gasteiger charge is 2.22. The lowest BCUT2D eigenvalue weighted by molar-refractivity contribution is -0.134. The monoisotopic (exact) mass is 233 g/mol. The van der Waals surface area contributed by atoms with Crippen molar-refractivity contribution in [1.29, 1.82) is 0 Å². The first-order valence-corrected chi connectivity index (χ1v) is 5.67. The molecule has 0 unspecified atom stereocenters. The van der Waals surface area contributed by atoms with Crippen molar-refractivity contribution in [1.82, 2.24) is 14.3 Å².